The van der Waals surface area contributed by atoms with Crippen LogP contribution in [0.1, 0.15) is 19.5 Å². The Kier molecular flexibility index (Phi) is 3.57. The number of hydrogen-bond donors (Lipinski definition) is 0. The summed E-state index contributed by atoms with van der Waals surface area (Å²) in [5.41, 5.74) is 2.00. The summed E-state index contributed by atoms with van der Waals surface area (Å²) in [6.07, 6.45) is 1.70. The van der Waals surface area contributed by atoms with Crippen LogP contribution >= 0.6 is 0 Å². The number of aromatic nitrogens is 2. The van der Waals surface area contributed by atoms with E-state index in [-0.39, 0.29) is 0 Å². The number of pyridine rings is 2. The summed E-state index contributed by atoms with van der Waals surface area (Å²) in [4.78, 5) is 8.15. The largest absolute Gasteiger partial charge is 0.255 e. The van der Waals surface area contributed by atoms with Gasteiger partial charge in [0.25, 0.3) is 0 Å². The molecule has 0 saturated heterocycles. The number of hydrogen-bond acceptors (Lipinski definition) is 3. The Bertz CT molecular complexity index is 457. The SMILES string of the molecule is CC.N#Cc1ccc2ncccc2n1. The van der Waals surface area contributed by atoms with Gasteiger partial charge in [-0.25, -0.2) is 4.98 Å². The molecule has 2 heterocycles. The van der Waals surface area contributed by atoms with Crippen LogP contribution in [0.2, 0.25) is 0 Å². The average Bonchev–Trinajstić information content (AvgIpc) is 2.31. The molecule has 0 amide bonds. The van der Waals surface area contributed by atoms with Crippen molar-refractivity contribution in [2.45, 2.75) is 13.8 Å². The number of rotatable bonds is 0. The molecule has 0 fully saturated rings. The normalized spacial score (nSPS) is 8.64. The Morgan fingerprint density at radius 3 is 2.64 bits per heavy atom. The van der Waals surface area contributed by atoms with E-state index in [4.69, 9.17) is 5.26 Å². The summed E-state index contributed by atoms with van der Waals surface area (Å²) in [5, 5.41) is 8.56. The second kappa shape index (κ2) is 4.93. The smallest absolute Gasteiger partial charge is 0.141 e. The fourth-order valence-corrected chi connectivity index (χ4v) is 1.02. The lowest BCUT2D eigenvalue weighted by Crippen LogP contribution is -1.84. The van der Waals surface area contributed by atoms with Crippen molar-refractivity contribution in [2.24, 2.45) is 0 Å². The summed E-state index contributed by atoms with van der Waals surface area (Å²) in [6.45, 7) is 4.00. The first-order chi connectivity index (χ1) is 6.90. The van der Waals surface area contributed by atoms with Crippen molar-refractivity contribution in [3.05, 3.63) is 36.2 Å². The van der Waals surface area contributed by atoms with E-state index >= 15 is 0 Å². The molecule has 0 spiro atoms. The molecule has 0 aliphatic heterocycles. The molecule has 0 saturated carbocycles. The molecule has 14 heavy (non-hydrogen) atoms. The topological polar surface area (TPSA) is 49.6 Å². The lowest BCUT2D eigenvalue weighted by molar-refractivity contribution is 1.29. The van der Waals surface area contributed by atoms with Gasteiger partial charge in [0.1, 0.15) is 11.8 Å². The van der Waals surface area contributed by atoms with Crippen molar-refractivity contribution in [3.63, 3.8) is 0 Å². The van der Waals surface area contributed by atoms with Gasteiger partial charge in [0.15, 0.2) is 0 Å². The van der Waals surface area contributed by atoms with Crippen LogP contribution in [0.3, 0.4) is 0 Å². The molecule has 0 atom stereocenters. The first kappa shape index (κ1) is 10.1. The first-order valence-electron chi connectivity index (χ1n) is 4.52. The molecule has 0 radical (unpaired) electrons. The minimum atomic E-state index is 0.426. The predicted molar refractivity (Wildman–Crippen MR) is 55.6 cm³/mol. The third-order valence-corrected chi connectivity index (χ3v) is 1.57. The fourth-order valence-electron chi connectivity index (χ4n) is 1.02. The van der Waals surface area contributed by atoms with E-state index in [1.54, 1.807) is 24.4 Å². The molecule has 2 aromatic rings. The summed E-state index contributed by atoms with van der Waals surface area (Å²) in [5.74, 6) is 0. The highest BCUT2D eigenvalue weighted by Gasteiger charge is 1.95. The van der Waals surface area contributed by atoms with E-state index in [2.05, 4.69) is 9.97 Å². The van der Waals surface area contributed by atoms with Crippen LogP contribution < -0.4 is 0 Å². The van der Waals surface area contributed by atoms with E-state index in [0.717, 1.165) is 11.0 Å². The fraction of sp³-hybridized carbons (Fsp3) is 0.182. The predicted octanol–water partition coefficient (Wildman–Crippen LogP) is 2.53. The molecule has 0 aliphatic carbocycles. The second-order valence-electron chi connectivity index (χ2n) is 2.35. The van der Waals surface area contributed by atoms with Crippen molar-refractivity contribution < 1.29 is 0 Å². The van der Waals surface area contributed by atoms with Crippen molar-refractivity contribution in [1.82, 2.24) is 9.97 Å². The molecule has 0 bridgehead atoms. The third kappa shape index (κ3) is 2.05. The molecule has 3 nitrogen and oxygen atoms in total. The maximum Gasteiger partial charge on any atom is 0.141 e. The number of nitrogens with zero attached hydrogens (tertiary/aromatic N) is 3. The van der Waals surface area contributed by atoms with Gasteiger partial charge in [0.2, 0.25) is 0 Å². The molecule has 0 aliphatic rings. The second-order valence-corrected chi connectivity index (χ2v) is 2.35. The molecule has 0 N–H and O–H groups in total. The van der Waals surface area contributed by atoms with Crippen LogP contribution in [0.15, 0.2) is 30.5 Å². The lowest BCUT2D eigenvalue weighted by Gasteiger charge is -1.93. The summed E-state index contributed by atoms with van der Waals surface area (Å²) in [7, 11) is 0. The highest BCUT2D eigenvalue weighted by atomic mass is 14.7. The third-order valence-electron chi connectivity index (χ3n) is 1.57. The average molecular weight is 185 g/mol. The van der Waals surface area contributed by atoms with E-state index in [0.29, 0.717) is 5.69 Å². The Balaban J connectivity index is 0.000000461. The van der Waals surface area contributed by atoms with Gasteiger partial charge < -0.3 is 0 Å². The van der Waals surface area contributed by atoms with Crippen LogP contribution in [0.5, 0.6) is 0 Å². The van der Waals surface area contributed by atoms with Gasteiger partial charge in [-0.15, -0.1) is 0 Å². The van der Waals surface area contributed by atoms with Gasteiger partial charge >= 0.3 is 0 Å². The zero-order valence-corrected chi connectivity index (χ0v) is 8.23. The van der Waals surface area contributed by atoms with Crippen molar-refractivity contribution in [3.8, 4) is 6.07 Å². The van der Waals surface area contributed by atoms with Crippen LogP contribution in [-0.2, 0) is 0 Å². The Labute approximate surface area is 83.0 Å². The van der Waals surface area contributed by atoms with E-state index < -0.39 is 0 Å². The zero-order chi connectivity index (χ0) is 10.4. The highest BCUT2D eigenvalue weighted by Crippen LogP contribution is 2.07. The quantitative estimate of drug-likeness (QED) is 0.633. The maximum atomic E-state index is 8.56. The van der Waals surface area contributed by atoms with E-state index in [1.165, 1.54) is 0 Å². The van der Waals surface area contributed by atoms with Gasteiger partial charge in [-0.05, 0) is 24.3 Å². The molecular weight excluding hydrogens is 174 g/mol. The minimum absolute atomic E-state index is 0.426. The highest BCUT2D eigenvalue weighted by molar-refractivity contribution is 5.74. The summed E-state index contributed by atoms with van der Waals surface area (Å²) >= 11 is 0. The Hall–Kier alpha value is -1.95. The Morgan fingerprint density at radius 1 is 1.14 bits per heavy atom. The van der Waals surface area contributed by atoms with E-state index in [1.807, 2.05) is 26.0 Å². The van der Waals surface area contributed by atoms with Gasteiger partial charge in [0.05, 0.1) is 11.0 Å². The molecule has 0 aromatic carbocycles. The van der Waals surface area contributed by atoms with Crippen LogP contribution in [-0.4, -0.2) is 9.97 Å². The van der Waals surface area contributed by atoms with Gasteiger partial charge in [-0.3, -0.25) is 4.98 Å². The van der Waals surface area contributed by atoms with Crippen molar-refractivity contribution >= 4 is 11.0 Å². The van der Waals surface area contributed by atoms with Crippen LogP contribution in [0.25, 0.3) is 11.0 Å². The van der Waals surface area contributed by atoms with Gasteiger partial charge in [-0.2, -0.15) is 5.26 Å². The van der Waals surface area contributed by atoms with Gasteiger partial charge in [0, 0.05) is 6.20 Å². The minimum Gasteiger partial charge on any atom is -0.255 e. The molecule has 2 rings (SSSR count). The van der Waals surface area contributed by atoms with E-state index in [9.17, 15) is 0 Å². The summed E-state index contributed by atoms with van der Waals surface area (Å²) < 4.78 is 0. The first-order valence-corrected chi connectivity index (χ1v) is 4.52. The number of nitriles is 1. The molecule has 3 heteroatoms. The van der Waals surface area contributed by atoms with Crippen LogP contribution in [0.4, 0.5) is 0 Å². The van der Waals surface area contributed by atoms with Gasteiger partial charge in [-0.1, -0.05) is 13.8 Å². The lowest BCUT2D eigenvalue weighted by atomic mass is 10.3. The standard InChI is InChI=1S/C9H5N3.C2H6/c10-6-7-3-4-8-9(12-7)2-1-5-11-8;1-2/h1-5H;1-2H3. The zero-order valence-electron chi connectivity index (χ0n) is 8.23. The number of fused-ring (bicyclic) bond motifs is 1. The molecule has 2 aromatic heterocycles. The Morgan fingerprint density at radius 2 is 1.93 bits per heavy atom. The van der Waals surface area contributed by atoms with Crippen LogP contribution in [0, 0.1) is 11.3 Å². The monoisotopic (exact) mass is 185 g/mol. The molecular formula is C11H11N3. The summed E-state index contributed by atoms with van der Waals surface area (Å²) in [6, 6.07) is 9.07. The van der Waals surface area contributed by atoms with Crippen molar-refractivity contribution in [1.29, 1.82) is 5.26 Å². The molecule has 0 unspecified atom stereocenters. The molecule has 70 valence electrons. The maximum absolute atomic E-state index is 8.56. The van der Waals surface area contributed by atoms with Crippen molar-refractivity contribution in [2.75, 3.05) is 0 Å².